The first-order valence-electron chi connectivity index (χ1n) is 15.1. The van der Waals surface area contributed by atoms with Crippen LogP contribution in [0.4, 0.5) is 0 Å². The highest BCUT2D eigenvalue weighted by Gasteiger charge is 2.38. The Morgan fingerprint density at radius 3 is 1.44 bits per heavy atom. The number of hydrogen-bond donors (Lipinski definition) is 0. The highest BCUT2D eigenvalue weighted by molar-refractivity contribution is 7.23. The average Bonchev–Trinajstić information content (AvgIpc) is 3.78. The zero-order valence-electron chi connectivity index (χ0n) is 26.2. The van der Waals surface area contributed by atoms with Crippen molar-refractivity contribution in [2.45, 2.75) is 27.7 Å². The number of thiophene rings is 2. The van der Waals surface area contributed by atoms with Gasteiger partial charge in [0.25, 0.3) is 11.4 Å². The van der Waals surface area contributed by atoms with E-state index in [1.807, 2.05) is 36.4 Å². The Bertz CT molecular complexity index is 2290. The van der Waals surface area contributed by atoms with Crippen molar-refractivity contribution in [2.75, 3.05) is 13.2 Å². The molecule has 234 valence electrons. The second-order valence-electron chi connectivity index (χ2n) is 12.4. The van der Waals surface area contributed by atoms with Gasteiger partial charge >= 0.3 is 0 Å². The van der Waals surface area contributed by atoms with Gasteiger partial charge in [0, 0.05) is 52.8 Å². The van der Waals surface area contributed by atoms with Crippen LogP contribution in [0.3, 0.4) is 0 Å². The number of ether oxygens (including phenoxy) is 2. The van der Waals surface area contributed by atoms with E-state index in [9.17, 15) is 10.5 Å². The minimum atomic E-state index is -0.00964. The lowest BCUT2D eigenvalue weighted by molar-refractivity contribution is 0.273. The van der Waals surface area contributed by atoms with Gasteiger partial charge in [-0.2, -0.15) is 0 Å². The van der Waals surface area contributed by atoms with E-state index < -0.39 is 0 Å². The van der Waals surface area contributed by atoms with Gasteiger partial charge in [-0.3, -0.25) is 0 Å². The van der Waals surface area contributed by atoms with Crippen molar-refractivity contribution in [3.8, 4) is 45.9 Å². The van der Waals surface area contributed by atoms with Gasteiger partial charge in [-0.05, 0) is 58.4 Å². The summed E-state index contributed by atoms with van der Waals surface area (Å²) in [5.74, 6) is 1.76. The molecule has 0 aliphatic heterocycles. The third-order valence-corrected chi connectivity index (χ3v) is 11.1. The summed E-state index contributed by atoms with van der Waals surface area (Å²) in [5, 5.41) is 22.9. The molecular weight excluding hydrogens is 679 g/mol. The lowest BCUT2D eigenvalue weighted by Gasteiger charge is -2.18. The summed E-state index contributed by atoms with van der Waals surface area (Å²) in [7, 11) is 0. The lowest BCUT2D eigenvalue weighted by atomic mass is 9.99. The second-order valence-corrected chi connectivity index (χ2v) is 15.3. The van der Waals surface area contributed by atoms with E-state index in [-0.39, 0.29) is 23.2 Å². The molecule has 0 atom stereocenters. The molecule has 0 spiro atoms. The Kier molecular flexibility index (Phi) is 7.96. The fourth-order valence-electron chi connectivity index (χ4n) is 6.35. The van der Waals surface area contributed by atoms with E-state index in [4.69, 9.17) is 45.8 Å². The molecule has 2 aromatic heterocycles. The molecule has 0 bridgehead atoms. The van der Waals surface area contributed by atoms with Crippen molar-refractivity contribution in [3.05, 3.63) is 102 Å². The number of rotatable bonds is 6. The van der Waals surface area contributed by atoms with Gasteiger partial charge in [0.05, 0.1) is 47.9 Å². The monoisotopic (exact) mass is 702 g/mol. The van der Waals surface area contributed by atoms with E-state index in [1.54, 1.807) is 0 Å². The summed E-state index contributed by atoms with van der Waals surface area (Å²) in [6, 6.07) is 15.3. The summed E-state index contributed by atoms with van der Waals surface area (Å²) < 4.78 is 15.2. The van der Waals surface area contributed by atoms with Gasteiger partial charge in [0.1, 0.15) is 11.5 Å². The number of benzene rings is 3. The van der Waals surface area contributed by atoms with Crippen LogP contribution in [0, 0.1) is 47.6 Å². The van der Waals surface area contributed by atoms with Gasteiger partial charge in [-0.25, -0.2) is 20.2 Å². The van der Waals surface area contributed by atoms with Crippen LogP contribution in [0.2, 0.25) is 10.0 Å². The summed E-state index contributed by atoms with van der Waals surface area (Å²) in [5.41, 5.74) is 6.03. The van der Waals surface area contributed by atoms with Crippen molar-refractivity contribution in [1.82, 2.24) is 0 Å². The summed E-state index contributed by atoms with van der Waals surface area (Å²) in [6.07, 6.45) is 0. The summed E-state index contributed by atoms with van der Waals surface area (Å²) in [6.45, 7) is 24.9. The van der Waals surface area contributed by atoms with Crippen molar-refractivity contribution in [1.29, 1.82) is 10.5 Å². The fourth-order valence-corrected chi connectivity index (χ4v) is 9.45. The van der Waals surface area contributed by atoms with E-state index in [2.05, 4.69) is 49.5 Å². The van der Waals surface area contributed by atoms with Crippen LogP contribution in [-0.4, -0.2) is 13.2 Å². The van der Waals surface area contributed by atoms with Crippen LogP contribution in [0.25, 0.3) is 63.3 Å². The molecular formula is C38H24Cl2N4O2S2. The zero-order valence-corrected chi connectivity index (χ0v) is 29.4. The van der Waals surface area contributed by atoms with Gasteiger partial charge in [-0.15, -0.1) is 22.7 Å². The van der Waals surface area contributed by atoms with E-state index >= 15 is 0 Å². The van der Waals surface area contributed by atoms with Crippen LogP contribution in [-0.2, 0) is 0 Å². The molecule has 2 heterocycles. The highest BCUT2D eigenvalue weighted by Crippen LogP contribution is 2.64. The molecule has 5 aromatic rings. The van der Waals surface area contributed by atoms with Crippen molar-refractivity contribution >= 4 is 77.2 Å². The van der Waals surface area contributed by atoms with Gasteiger partial charge in [0.2, 0.25) is 0 Å². The average molecular weight is 704 g/mol. The molecule has 6 nitrogen and oxygen atoms in total. The summed E-state index contributed by atoms with van der Waals surface area (Å²) >= 11 is 15.9. The summed E-state index contributed by atoms with van der Waals surface area (Å²) in [4.78, 5) is 8.83. The molecule has 10 heteroatoms. The van der Waals surface area contributed by atoms with E-state index in [1.165, 1.54) is 22.7 Å². The number of fused-ring (bicyclic) bond motifs is 10. The number of halogens is 2. The zero-order chi connectivity index (χ0) is 34.0. The predicted octanol–water partition coefficient (Wildman–Crippen LogP) is 11.9. The van der Waals surface area contributed by atoms with Crippen LogP contribution in [0.15, 0.2) is 47.8 Å². The molecule has 0 fully saturated rings. The van der Waals surface area contributed by atoms with Crippen LogP contribution < -0.4 is 9.47 Å². The quantitative estimate of drug-likeness (QED) is 0.128. The maximum absolute atomic E-state index is 10.1. The number of nitriles is 2. The Morgan fingerprint density at radius 2 is 1.10 bits per heavy atom. The molecule has 0 amide bonds. The molecule has 2 aliphatic rings. The Hall–Kier alpha value is -4.80. The lowest BCUT2D eigenvalue weighted by Crippen LogP contribution is -2.07. The second kappa shape index (κ2) is 12.0. The SMILES string of the molecule is [C-]#[N+]/C(C#N)=C1/c2cc(Cl)ccc2-c2c1sc1c(OCC(C)C)c3c4c(sc3c(OCC(C)C)c21)/C(=C(\C#N)[N+]#[C-])c1cc(Cl)ccc1-4. The first-order chi connectivity index (χ1) is 23.1. The molecule has 3 aromatic carbocycles. The van der Waals surface area contributed by atoms with Crippen LogP contribution in [0.5, 0.6) is 11.5 Å². The third kappa shape index (κ3) is 4.69. The first kappa shape index (κ1) is 31.8. The van der Waals surface area contributed by atoms with Crippen LogP contribution in [0.1, 0.15) is 48.6 Å². The molecule has 7 rings (SSSR count). The Balaban J connectivity index is 1.72. The minimum absolute atomic E-state index is 0.00964. The Labute approximate surface area is 295 Å². The minimum Gasteiger partial charge on any atom is -0.491 e. The smallest absolute Gasteiger partial charge is 0.271 e. The normalized spacial score (nSPS) is 14.6. The van der Waals surface area contributed by atoms with Crippen LogP contribution >= 0.6 is 45.9 Å². The number of allylic oxidation sites excluding steroid dienone is 2. The molecule has 0 radical (unpaired) electrons. The van der Waals surface area contributed by atoms with Crippen molar-refractivity contribution < 1.29 is 9.47 Å². The van der Waals surface area contributed by atoms with Gasteiger partial charge < -0.3 is 9.47 Å². The molecule has 48 heavy (non-hydrogen) atoms. The molecule has 0 N–H and O–H groups in total. The van der Waals surface area contributed by atoms with Gasteiger partial charge in [0.15, 0.2) is 0 Å². The van der Waals surface area contributed by atoms with E-state index in [0.717, 1.165) is 63.3 Å². The maximum atomic E-state index is 10.1. The number of hydrogen-bond acceptors (Lipinski definition) is 6. The standard InChI is InChI=1S/C38H24Cl2N4O2S2/c1-17(2)15-45-33-31-29-21-9-7-19(39)11-23(21)27(25(13-41)43-5)35(29)48-38(31)34(46-16-18(3)4)32-30-22-10-8-20(40)12-24(22)28(26(14-42)44-6)36(30)47-37(32)33/h7-12,17-18H,15-16H2,1-4H3/b27-25-,28-26+. The highest BCUT2D eigenvalue weighted by atomic mass is 35.5. The topological polar surface area (TPSA) is 74.8 Å². The molecule has 2 aliphatic carbocycles. The van der Waals surface area contributed by atoms with Crippen molar-refractivity contribution in [2.24, 2.45) is 11.8 Å². The molecule has 0 unspecified atom stereocenters. The molecule has 0 saturated carbocycles. The third-order valence-electron chi connectivity index (χ3n) is 8.21. The largest absolute Gasteiger partial charge is 0.491 e. The van der Waals surface area contributed by atoms with Crippen molar-refractivity contribution in [3.63, 3.8) is 0 Å². The fraction of sp³-hybridized carbons (Fsp3) is 0.211. The maximum Gasteiger partial charge on any atom is 0.271 e. The molecule has 0 saturated heterocycles. The predicted molar refractivity (Wildman–Crippen MR) is 195 cm³/mol. The first-order valence-corrected chi connectivity index (χ1v) is 17.5. The Morgan fingerprint density at radius 1 is 0.708 bits per heavy atom. The van der Waals surface area contributed by atoms with Gasteiger partial charge in [-0.1, -0.05) is 63.0 Å². The number of nitrogens with zero attached hydrogens (tertiary/aromatic N) is 4. The van der Waals surface area contributed by atoms with E-state index in [0.29, 0.717) is 45.9 Å².